The summed E-state index contributed by atoms with van der Waals surface area (Å²) in [6, 6.07) is 2.93. The summed E-state index contributed by atoms with van der Waals surface area (Å²) in [5, 5.41) is 3.23. The zero-order valence-corrected chi connectivity index (χ0v) is 14.6. The smallest absolute Gasteiger partial charge is 0.326 e. The second kappa shape index (κ2) is 6.25. The van der Waals surface area contributed by atoms with E-state index in [1.165, 1.54) is 20.4 Å². The van der Waals surface area contributed by atoms with Gasteiger partial charge in [-0.05, 0) is 30.6 Å². The van der Waals surface area contributed by atoms with Crippen molar-refractivity contribution >= 4 is 29.5 Å². The maximum atomic E-state index is 12.7. The van der Waals surface area contributed by atoms with Gasteiger partial charge in [-0.15, -0.1) is 0 Å². The highest BCUT2D eigenvalue weighted by Crippen LogP contribution is 2.50. The lowest BCUT2D eigenvalue weighted by atomic mass is 9.78. The first-order valence-electron chi connectivity index (χ1n) is 7.67. The van der Waals surface area contributed by atoms with Gasteiger partial charge in [0.15, 0.2) is 0 Å². The van der Waals surface area contributed by atoms with Crippen molar-refractivity contribution in [3.05, 3.63) is 24.2 Å². The molecule has 3 rings (SSSR count). The van der Waals surface area contributed by atoms with Crippen molar-refractivity contribution in [3.8, 4) is 0 Å². The third-order valence-corrected chi connectivity index (χ3v) is 5.59. The van der Waals surface area contributed by atoms with Crippen molar-refractivity contribution in [2.75, 3.05) is 26.2 Å². The number of amides is 2. The maximum Gasteiger partial charge on any atom is 0.326 e. The number of likely N-dealkylation sites (tertiary alicyclic amines) is 1. The Morgan fingerprint density at radius 2 is 2.21 bits per heavy atom. The van der Waals surface area contributed by atoms with Gasteiger partial charge in [-0.1, -0.05) is 0 Å². The van der Waals surface area contributed by atoms with Gasteiger partial charge < -0.3 is 9.15 Å². The number of fused-ring (bicyclic) bond motifs is 1. The van der Waals surface area contributed by atoms with Crippen LogP contribution in [0.5, 0.6) is 0 Å². The summed E-state index contributed by atoms with van der Waals surface area (Å²) >= 11 is 1.57. The Morgan fingerprint density at radius 3 is 2.79 bits per heavy atom. The third-order valence-electron chi connectivity index (χ3n) is 4.97. The molecule has 7 nitrogen and oxygen atoms in total. The molecule has 1 aromatic rings. The fraction of sp³-hybridized carbons (Fsp3) is 0.562. The highest BCUT2D eigenvalue weighted by molar-refractivity contribution is 7.98. The molecule has 1 N–H and O–H groups in total. The van der Waals surface area contributed by atoms with Crippen LogP contribution in [0.3, 0.4) is 0 Å². The van der Waals surface area contributed by atoms with Crippen LogP contribution in [-0.4, -0.2) is 54.4 Å². The monoisotopic (exact) mass is 352 g/mol. The Hall–Kier alpha value is -1.80. The van der Waals surface area contributed by atoms with Crippen LogP contribution in [0.25, 0.3) is 0 Å². The first-order valence-corrected chi connectivity index (χ1v) is 9.07. The maximum absolute atomic E-state index is 12.7. The number of imide groups is 1. The molecule has 0 unspecified atom stereocenters. The van der Waals surface area contributed by atoms with Gasteiger partial charge in [0.1, 0.15) is 11.3 Å². The topological polar surface area (TPSA) is 88.8 Å². The fourth-order valence-electron chi connectivity index (χ4n) is 3.82. The molecule has 1 aromatic heterocycles. The second-order valence-corrected chi connectivity index (χ2v) is 7.07. The summed E-state index contributed by atoms with van der Waals surface area (Å²) in [4.78, 5) is 39.1. The molecule has 8 heteroatoms. The number of furan rings is 1. The minimum Gasteiger partial charge on any atom is -0.468 e. The van der Waals surface area contributed by atoms with Crippen LogP contribution in [-0.2, 0) is 19.1 Å². The lowest BCUT2D eigenvalue weighted by Gasteiger charge is -2.31. The highest BCUT2D eigenvalue weighted by atomic mass is 32.2. The van der Waals surface area contributed by atoms with E-state index in [4.69, 9.17) is 9.15 Å². The van der Waals surface area contributed by atoms with Gasteiger partial charge >= 0.3 is 5.97 Å². The molecule has 2 saturated heterocycles. The number of methoxy groups -OCH3 is 1. The van der Waals surface area contributed by atoms with E-state index in [1.54, 1.807) is 23.9 Å². The van der Waals surface area contributed by atoms with E-state index in [0.717, 1.165) is 4.90 Å². The normalized spacial score (nSPS) is 32.3. The van der Waals surface area contributed by atoms with Crippen molar-refractivity contribution in [2.24, 2.45) is 11.8 Å². The lowest BCUT2D eigenvalue weighted by molar-refractivity contribution is -0.154. The summed E-state index contributed by atoms with van der Waals surface area (Å²) in [6.45, 7) is 0. The molecule has 2 aliphatic rings. The van der Waals surface area contributed by atoms with Gasteiger partial charge in [-0.3, -0.25) is 24.6 Å². The number of hydrogen-bond donors (Lipinski definition) is 1. The van der Waals surface area contributed by atoms with Crippen LogP contribution in [0.2, 0.25) is 0 Å². The summed E-state index contributed by atoms with van der Waals surface area (Å²) in [5.74, 6) is -1.43. The lowest BCUT2D eigenvalue weighted by Crippen LogP contribution is -2.56. The molecular formula is C16H20N2O5S. The Labute approximate surface area is 144 Å². The molecule has 0 saturated carbocycles. The summed E-state index contributed by atoms with van der Waals surface area (Å²) in [7, 11) is 2.75. The minimum absolute atomic E-state index is 0.297. The van der Waals surface area contributed by atoms with Gasteiger partial charge in [0, 0.05) is 7.05 Å². The zero-order chi connectivity index (χ0) is 17.5. The van der Waals surface area contributed by atoms with Crippen LogP contribution in [0.4, 0.5) is 0 Å². The van der Waals surface area contributed by atoms with Crippen LogP contribution >= 0.6 is 11.8 Å². The van der Waals surface area contributed by atoms with E-state index in [2.05, 4.69) is 5.32 Å². The van der Waals surface area contributed by atoms with Crippen molar-refractivity contribution in [2.45, 2.75) is 18.0 Å². The van der Waals surface area contributed by atoms with Gasteiger partial charge in [0.25, 0.3) is 0 Å². The Kier molecular flexibility index (Phi) is 4.44. The number of carbonyl (C=O) groups excluding carboxylic acids is 3. The fourth-order valence-corrected chi connectivity index (χ4v) is 4.35. The molecule has 0 spiro atoms. The number of hydrogen-bond acceptors (Lipinski definition) is 7. The van der Waals surface area contributed by atoms with Gasteiger partial charge in [0.05, 0.1) is 31.3 Å². The molecule has 130 valence electrons. The Morgan fingerprint density at radius 1 is 1.46 bits per heavy atom. The van der Waals surface area contributed by atoms with Crippen LogP contribution in [0.15, 0.2) is 22.8 Å². The van der Waals surface area contributed by atoms with Crippen LogP contribution in [0, 0.1) is 11.8 Å². The first kappa shape index (κ1) is 17.0. The molecule has 3 heterocycles. The Balaban J connectivity index is 2.10. The quantitative estimate of drug-likeness (QED) is 0.620. The predicted octanol–water partition coefficient (Wildman–Crippen LogP) is 0.820. The average Bonchev–Trinajstić information content (AvgIpc) is 3.27. The summed E-state index contributed by atoms with van der Waals surface area (Å²) < 4.78 is 10.5. The number of carbonyl (C=O) groups is 3. The van der Waals surface area contributed by atoms with Crippen LogP contribution < -0.4 is 5.32 Å². The van der Waals surface area contributed by atoms with E-state index in [-0.39, 0.29) is 11.8 Å². The van der Waals surface area contributed by atoms with Crippen molar-refractivity contribution in [1.29, 1.82) is 0 Å². The van der Waals surface area contributed by atoms with E-state index in [1.807, 2.05) is 6.26 Å². The van der Waals surface area contributed by atoms with Crippen molar-refractivity contribution in [3.63, 3.8) is 0 Å². The molecule has 24 heavy (non-hydrogen) atoms. The van der Waals surface area contributed by atoms with Crippen molar-refractivity contribution < 1.29 is 23.5 Å². The number of esters is 1. The molecule has 2 amide bonds. The molecule has 2 fully saturated rings. The third kappa shape index (κ3) is 2.28. The van der Waals surface area contributed by atoms with E-state index in [0.29, 0.717) is 17.9 Å². The zero-order valence-electron chi connectivity index (χ0n) is 13.8. The second-order valence-electron chi connectivity index (χ2n) is 6.08. The number of thioether (sulfide) groups is 1. The molecule has 4 atom stereocenters. The number of nitrogens with one attached hydrogen (secondary N) is 1. The van der Waals surface area contributed by atoms with Crippen LogP contribution in [0.1, 0.15) is 18.2 Å². The van der Waals surface area contributed by atoms with Gasteiger partial charge in [0.2, 0.25) is 11.8 Å². The largest absolute Gasteiger partial charge is 0.468 e. The van der Waals surface area contributed by atoms with E-state index < -0.39 is 29.4 Å². The molecule has 2 aliphatic heterocycles. The number of rotatable bonds is 5. The number of ether oxygens (including phenoxy) is 1. The first-order chi connectivity index (χ1) is 11.5. The molecule has 0 aromatic carbocycles. The predicted molar refractivity (Wildman–Crippen MR) is 87.1 cm³/mol. The molecule has 0 aliphatic carbocycles. The highest BCUT2D eigenvalue weighted by Gasteiger charge is 2.68. The summed E-state index contributed by atoms with van der Waals surface area (Å²) in [6.07, 6.45) is 3.83. The number of nitrogens with zero attached hydrogens (tertiary/aromatic N) is 1. The van der Waals surface area contributed by atoms with E-state index in [9.17, 15) is 14.4 Å². The molecule has 0 radical (unpaired) electrons. The molecule has 0 bridgehead atoms. The Bertz CT molecular complexity index is 661. The van der Waals surface area contributed by atoms with Crippen molar-refractivity contribution in [1.82, 2.24) is 10.2 Å². The minimum atomic E-state index is -1.22. The van der Waals surface area contributed by atoms with Gasteiger partial charge in [-0.2, -0.15) is 11.8 Å². The summed E-state index contributed by atoms with van der Waals surface area (Å²) in [5.41, 5.74) is -1.22. The average molecular weight is 352 g/mol. The standard InChI is InChI=1S/C16H20N2O5S/c1-18-13(19)10-11(14(18)20)16(6-8-24-3,15(21)22-2)17-12(10)9-5-4-7-23-9/h4-5,7,10-12,17H,6,8H2,1-3H3/t10-,11-,12+,16+/m0/s1. The van der Waals surface area contributed by atoms with E-state index >= 15 is 0 Å². The van der Waals surface area contributed by atoms with Gasteiger partial charge in [-0.25, -0.2) is 0 Å². The molecular weight excluding hydrogens is 332 g/mol. The SMILES string of the molecule is COC(=O)[C@]1(CCSC)N[C@H](c2ccco2)[C@H]2C(=O)N(C)C(=O)[C@H]21.